The lowest BCUT2D eigenvalue weighted by Gasteiger charge is -2.31. The number of rotatable bonds is 4. The lowest BCUT2D eigenvalue weighted by atomic mass is 9.92. The van der Waals surface area contributed by atoms with E-state index in [2.05, 4.69) is 15.4 Å². The second kappa shape index (κ2) is 7.59. The molecule has 2 N–H and O–H groups in total. The molecule has 0 bridgehead atoms. The molecule has 112 valence electrons. The molecular weight excluding hydrogens is 282 g/mol. The molecule has 1 saturated heterocycles. The summed E-state index contributed by atoms with van der Waals surface area (Å²) >= 11 is 0. The fraction of sp³-hybridized carbons (Fsp3) is 0.818. The summed E-state index contributed by atoms with van der Waals surface area (Å²) in [6.07, 6.45) is 0.353. The molecule has 1 heterocycles. The first-order valence-corrected chi connectivity index (χ1v) is 5.89. The number of ether oxygens (including phenoxy) is 1. The number of hydrogen-bond acceptors (Lipinski definition) is 4. The van der Waals surface area contributed by atoms with Gasteiger partial charge in [0.1, 0.15) is 12.0 Å². The SMILES string of the molecule is CCC(NC(=O)C1CCNCC1(F)F)C(=O)OC.Cl. The molecule has 0 spiro atoms. The zero-order valence-electron chi connectivity index (χ0n) is 10.9. The lowest BCUT2D eigenvalue weighted by molar-refractivity contribution is -0.151. The number of halogens is 3. The van der Waals surface area contributed by atoms with Gasteiger partial charge in [0, 0.05) is 0 Å². The molecule has 1 amide bonds. The smallest absolute Gasteiger partial charge is 0.328 e. The largest absolute Gasteiger partial charge is 0.467 e. The summed E-state index contributed by atoms with van der Waals surface area (Å²) in [5, 5.41) is 4.86. The van der Waals surface area contributed by atoms with E-state index in [0.29, 0.717) is 13.0 Å². The number of amides is 1. The molecule has 1 aliphatic rings. The van der Waals surface area contributed by atoms with Crippen molar-refractivity contribution in [2.75, 3.05) is 20.2 Å². The summed E-state index contributed by atoms with van der Waals surface area (Å²) < 4.78 is 31.5. The monoisotopic (exact) mass is 300 g/mol. The third-order valence-electron chi connectivity index (χ3n) is 3.01. The number of carbonyl (C=O) groups excluding carboxylic acids is 2. The molecule has 2 atom stereocenters. The van der Waals surface area contributed by atoms with Crippen molar-refractivity contribution >= 4 is 24.3 Å². The van der Waals surface area contributed by atoms with Crippen molar-refractivity contribution in [1.29, 1.82) is 0 Å². The zero-order chi connectivity index (χ0) is 13.8. The van der Waals surface area contributed by atoms with E-state index in [1.165, 1.54) is 7.11 Å². The minimum absolute atomic E-state index is 0. The second-order valence-corrected chi connectivity index (χ2v) is 4.27. The van der Waals surface area contributed by atoms with Crippen LogP contribution in [0.1, 0.15) is 19.8 Å². The van der Waals surface area contributed by atoms with Gasteiger partial charge in [-0.25, -0.2) is 13.6 Å². The molecule has 0 aromatic carbocycles. The van der Waals surface area contributed by atoms with Gasteiger partial charge in [-0.2, -0.15) is 0 Å². The average molecular weight is 301 g/mol. The topological polar surface area (TPSA) is 67.4 Å². The van der Waals surface area contributed by atoms with Gasteiger partial charge in [-0.15, -0.1) is 12.4 Å². The fourth-order valence-corrected chi connectivity index (χ4v) is 1.90. The third kappa shape index (κ3) is 4.58. The van der Waals surface area contributed by atoms with Crippen molar-refractivity contribution in [1.82, 2.24) is 10.6 Å². The van der Waals surface area contributed by atoms with Crippen LogP contribution in [0.5, 0.6) is 0 Å². The van der Waals surface area contributed by atoms with Crippen LogP contribution in [0.4, 0.5) is 8.78 Å². The number of nitrogens with one attached hydrogen (secondary N) is 2. The summed E-state index contributed by atoms with van der Waals surface area (Å²) in [5.74, 6) is -5.89. The Labute approximate surface area is 116 Å². The number of piperidine rings is 1. The highest BCUT2D eigenvalue weighted by Gasteiger charge is 2.46. The molecule has 5 nitrogen and oxygen atoms in total. The van der Waals surface area contributed by atoms with E-state index >= 15 is 0 Å². The van der Waals surface area contributed by atoms with E-state index < -0.39 is 36.3 Å². The van der Waals surface area contributed by atoms with Crippen molar-refractivity contribution < 1.29 is 23.1 Å². The average Bonchev–Trinajstić information content (AvgIpc) is 2.34. The minimum Gasteiger partial charge on any atom is -0.467 e. The molecule has 0 radical (unpaired) electrons. The standard InChI is InChI=1S/C11H18F2N2O3.ClH/c1-3-8(10(17)18-2)15-9(16)7-4-5-14-6-11(7,12)13;/h7-8,14H,3-6H2,1-2H3,(H,15,16);1H. The first kappa shape index (κ1) is 18.0. The third-order valence-corrected chi connectivity index (χ3v) is 3.01. The summed E-state index contributed by atoms with van der Waals surface area (Å²) in [4.78, 5) is 23.1. The minimum atomic E-state index is -3.09. The van der Waals surface area contributed by atoms with E-state index in [-0.39, 0.29) is 18.8 Å². The quantitative estimate of drug-likeness (QED) is 0.751. The van der Waals surface area contributed by atoms with Gasteiger partial charge >= 0.3 is 5.97 Å². The van der Waals surface area contributed by atoms with Crippen LogP contribution < -0.4 is 10.6 Å². The molecule has 19 heavy (non-hydrogen) atoms. The molecule has 8 heteroatoms. The van der Waals surface area contributed by atoms with Gasteiger partial charge in [-0.1, -0.05) is 6.92 Å². The maximum absolute atomic E-state index is 13.5. The lowest BCUT2D eigenvalue weighted by Crippen LogP contribution is -2.54. The maximum atomic E-state index is 13.5. The Hall–Kier alpha value is -0.950. The summed E-state index contributed by atoms with van der Waals surface area (Å²) in [7, 11) is 1.19. The summed E-state index contributed by atoms with van der Waals surface area (Å²) in [6, 6.07) is -0.867. The first-order chi connectivity index (χ1) is 8.42. The van der Waals surface area contributed by atoms with Gasteiger partial charge in [-0.3, -0.25) is 4.79 Å². The van der Waals surface area contributed by atoms with Crippen molar-refractivity contribution in [3.63, 3.8) is 0 Å². The molecule has 1 aliphatic heterocycles. The number of alkyl halides is 2. The van der Waals surface area contributed by atoms with Gasteiger partial charge in [0.2, 0.25) is 5.91 Å². The van der Waals surface area contributed by atoms with Gasteiger partial charge in [-0.05, 0) is 19.4 Å². The van der Waals surface area contributed by atoms with Crippen molar-refractivity contribution in [2.24, 2.45) is 5.92 Å². The first-order valence-electron chi connectivity index (χ1n) is 5.89. The second-order valence-electron chi connectivity index (χ2n) is 4.27. The van der Waals surface area contributed by atoms with Gasteiger partial charge < -0.3 is 15.4 Å². The number of hydrogen-bond donors (Lipinski definition) is 2. The molecule has 0 saturated carbocycles. The van der Waals surface area contributed by atoms with Crippen LogP contribution in [0.3, 0.4) is 0 Å². The van der Waals surface area contributed by atoms with Gasteiger partial charge in [0.25, 0.3) is 5.92 Å². The van der Waals surface area contributed by atoms with Crippen molar-refractivity contribution in [2.45, 2.75) is 31.7 Å². The van der Waals surface area contributed by atoms with Crippen LogP contribution in [0.15, 0.2) is 0 Å². The van der Waals surface area contributed by atoms with Crippen LogP contribution in [0.25, 0.3) is 0 Å². The van der Waals surface area contributed by atoms with E-state index in [1.807, 2.05) is 0 Å². The predicted molar refractivity (Wildman–Crippen MR) is 67.4 cm³/mol. The normalized spacial score (nSPS) is 22.8. The summed E-state index contributed by atoms with van der Waals surface area (Å²) in [5.41, 5.74) is 0. The molecule has 1 fully saturated rings. The molecule has 1 rings (SSSR count). The number of methoxy groups -OCH3 is 1. The van der Waals surface area contributed by atoms with E-state index in [0.717, 1.165) is 0 Å². The molecular formula is C11H19ClF2N2O3. The van der Waals surface area contributed by atoms with Crippen LogP contribution in [0, 0.1) is 5.92 Å². The maximum Gasteiger partial charge on any atom is 0.328 e. The Morgan fingerprint density at radius 1 is 1.53 bits per heavy atom. The highest BCUT2D eigenvalue weighted by Crippen LogP contribution is 2.29. The molecule has 0 aliphatic carbocycles. The Balaban J connectivity index is 0.00000324. The Morgan fingerprint density at radius 3 is 2.63 bits per heavy atom. The number of esters is 1. The molecule has 0 aromatic heterocycles. The van der Waals surface area contributed by atoms with Gasteiger partial charge in [0.15, 0.2) is 0 Å². The van der Waals surface area contributed by atoms with E-state index in [1.54, 1.807) is 6.92 Å². The van der Waals surface area contributed by atoms with E-state index in [4.69, 9.17) is 0 Å². The van der Waals surface area contributed by atoms with Crippen LogP contribution in [-0.4, -0.2) is 44.0 Å². The molecule has 0 aromatic rings. The van der Waals surface area contributed by atoms with Crippen LogP contribution in [-0.2, 0) is 14.3 Å². The number of carbonyl (C=O) groups is 2. The van der Waals surface area contributed by atoms with Crippen molar-refractivity contribution in [3.8, 4) is 0 Å². The highest BCUT2D eigenvalue weighted by molar-refractivity contribution is 5.86. The van der Waals surface area contributed by atoms with Crippen molar-refractivity contribution in [3.05, 3.63) is 0 Å². The Bertz CT molecular complexity index is 329. The van der Waals surface area contributed by atoms with Crippen LogP contribution >= 0.6 is 12.4 Å². The fourth-order valence-electron chi connectivity index (χ4n) is 1.90. The Kier molecular flexibility index (Phi) is 7.21. The Morgan fingerprint density at radius 2 is 2.16 bits per heavy atom. The molecule has 2 unspecified atom stereocenters. The van der Waals surface area contributed by atoms with E-state index in [9.17, 15) is 18.4 Å². The predicted octanol–water partition coefficient (Wildman–Crippen LogP) is 0.721. The highest BCUT2D eigenvalue weighted by atomic mass is 35.5. The zero-order valence-corrected chi connectivity index (χ0v) is 11.7. The van der Waals surface area contributed by atoms with Gasteiger partial charge in [0.05, 0.1) is 13.7 Å². The van der Waals surface area contributed by atoms with Crippen LogP contribution in [0.2, 0.25) is 0 Å². The summed E-state index contributed by atoms with van der Waals surface area (Å²) in [6.45, 7) is 1.52.